The number of hydrogen-bond donors (Lipinski definition) is 1. The molecule has 2 rings (SSSR count). The zero-order valence-electron chi connectivity index (χ0n) is 7.57. The van der Waals surface area contributed by atoms with Crippen LogP contribution < -0.4 is 0 Å². The van der Waals surface area contributed by atoms with E-state index in [2.05, 4.69) is 20.2 Å². The van der Waals surface area contributed by atoms with Crippen LogP contribution in [-0.4, -0.2) is 20.2 Å². The van der Waals surface area contributed by atoms with E-state index in [4.69, 9.17) is 0 Å². The summed E-state index contributed by atoms with van der Waals surface area (Å²) in [5.74, 6) is 0.646. The predicted molar refractivity (Wildman–Crippen MR) is 49.1 cm³/mol. The minimum atomic E-state index is 0.646. The summed E-state index contributed by atoms with van der Waals surface area (Å²) >= 11 is 0. The Morgan fingerprint density at radius 1 is 1.15 bits per heavy atom. The van der Waals surface area contributed by atoms with Gasteiger partial charge in [-0.1, -0.05) is 0 Å². The molecule has 0 fully saturated rings. The van der Waals surface area contributed by atoms with Gasteiger partial charge in [-0.25, -0.2) is 4.98 Å². The maximum absolute atomic E-state index is 4.31. The molecule has 0 aliphatic carbocycles. The SMILES string of the molecule is Cc1nnc(-c2ccc[nH]2)nc1C. The molecule has 2 aromatic rings. The molecule has 2 heterocycles. The number of hydrogen-bond acceptors (Lipinski definition) is 3. The van der Waals surface area contributed by atoms with Crippen LogP contribution in [0.1, 0.15) is 11.4 Å². The molecule has 1 N–H and O–H groups in total. The third-order valence-corrected chi connectivity index (χ3v) is 1.93. The summed E-state index contributed by atoms with van der Waals surface area (Å²) in [6.45, 7) is 3.82. The van der Waals surface area contributed by atoms with Crippen LogP contribution in [0.3, 0.4) is 0 Å². The first-order valence-corrected chi connectivity index (χ1v) is 4.09. The van der Waals surface area contributed by atoms with Crippen molar-refractivity contribution in [3.63, 3.8) is 0 Å². The number of H-pyrrole nitrogens is 1. The van der Waals surface area contributed by atoms with Crippen molar-refractivity contribution in [2.24, 2.45) is 0 Å². The Bertz CT molecular complexity index is 406. The summed E-state index contributed by atoms with van der Waals surface area (Å²) in [4.78, 5) is 7.35. The van der Waals surface area contributed by atoms with Crippen LogP contribution in [0.15, 0.2) is 18.3 Å². The highest BCUT2D eigenvalue weighted by Crippen LogP contribution is 2.11. The summed E-state index contributed by atoms with van der Waals surface area (Å²) in [6.07, 6.45) is 1.84. The van der Waals surface area contributed by atoms with Crippen molar-refractivity contribution >= 4 is 0 Å². The lowest BCUT2D eigenvalue weighted by Crippen LogP contribution is -1.98. The molecule has 4 nitrogen and oxygen atoms in total. The van der Waals surface area contributed by atoms with E-state index in [1.165, 1.54) is 0 Å². The summed E-state index contributed by atoms with van der Waals surface area (Å²) in [5.41, 5.74) is 2.69. The van der Waals surface area contributed by atoms with E-state index in [9.17, 15) is 0 Å². The van der Waals surface area contributed by atoms with Gasteiger partial charge in [0.2, 0.25) is 0 Å². The Hall–Kier alpha value is -1.71. The number of rotatable bonds is 1. The Labute approximate surface area is 76.1 Å². The van der Waals surface area contributed by atoms with Crippen molar-refractivity contribution < 1.29 is 0 Å². The number of aryl methyl sites for hydroxylation is 2. The largest absolute Gasteiger partial charge is 0.359 e. The smallest absolute Gasteiger partial charge is 0.198 e. The van der Waals surface area contributed by atoms with E-state index >= 15 is 0 Å². The van der Waals surface area contributed by atoms with Gasteiger partial charge in [0.05, 0.1) is 17.1 Å². The molecule has 0 unspecified atom stereocenters. The average Bonchev–Trinajstić information content (AvgIpc) is 2.62. The third kappa shape index (κ3) is 1.42. The molecule has 4 heteroatoms. The van der Waals surface area contributed by atoms with Crippen LogP contribution >= 0.6 is 0 Å². The zero-order valence-corrected chi connectivity index (χ0v) is 7.57. The quantitative estimate of drug-likeness (QED) is 0.712. The van der Waals surface area contributed by atoms with Gasteiger partial charge in [0.15, 0.2) is 5.82 Å². The molecule has 0 amide bonds. The molecule has 0 saturated carbocycles. The molecule has 0 aliphatic rings. The topological polar surface area (TPSA) is 54.5 Å². The van der Waals surface area contributed by atoms with Crippen molar-refractivity contribution in [3.8, 4) is 11.5 Å². The van der Waals surface area contributed by atoms with Crippen molar-refractivity contribution in [3.05, 3.63) is 29.7 Å². The van der Waals surface area contributed by atoms with Crippen molar-refractivity contribution in [2.75, 3.05) is 0 Å². The van der Waals surface area contributed by atoms with Crippen LogP contribution in [0.2, 0.25) is 0 Å². The summed E-state index contributed by atoms with van der Waals surface area (Å²) in [7, 11) is 0. The van der Waals surface area contributed by atoms with Crippen LogP contribution in [0.4, 0.5) is 0 Å². The zero-order chi connectivity index (χ0) is 9.26. The number of nitrogens with one attached hydrogen (secondary N) is 1. The first-order valence-electron chi connectivity index (χ1n) is 4.09. The summed E-state index contributed by atoms with van der Waals surface area (Å²) in [6, 6.07) is 3.83. The lowest BCUT2D eigenvalue weighted by molar-refractivity contribution is 0.900. The molecule has 66 valence electrons. The predicted octanol–water partition coefficient (Wildman–Crippen LogP) is 1.48. The van der Waals surface area contributed by atoms with Gasteiger partial charge in [0.1, 0.15) is 0 Å². The fraction of sp³-hybridized carbons (Fsp3) is 0.222. The standard InChI is InChI=1S/C9H10N4/c1-6-7(2)12-13-9(11-6)8-4-3-5-10-8/h3-5,10H,1-2H3. The number of aromatic nitrogens is 4. The molecule has 2 aromatic heterocycles. The highest BCUT2D eigenvalue weighted by atomic mass is 15.2. The summed E-state index contributed by atoms with van der Waals surface area (Å²) in [5, 5.41) is 7.99. The van der Waals surface area contributed by atoms with E-state index in [0.29, 0.717) is 5.82 Å². The van der Waals surface area contributed by atoms with E-state index in [-0.39, 0.29) is 0 Å². The molecule has 0 aliphatic heterocycles. The normalized spacial score (nSPS) is 10.3. The molecule has 0 bridgehead atoms. The first-order chi connectivity index (χ1) is 6.27. The van der Waals surface area contributed by atoms with Crippen LogP contribution in [0, 0.1) is 13.8 Å². The Balaban J connectivity index is 2.49. The van der Waals surface area contributed by atoms with Gasteiger partial charge in [-0.05, 0) is 26.0 Å². The minimum Gasteiger partial charge on any atom is -0.359 e. The molecular weight excluding hydrogens is 164 g/mol. The second-order valence-corrected chi connectivity index (χ2v) is 2.89. The van der Waals surface area contributed by atoms with Crippen molar-refractivity contribution in [1.82, 2.24) is 20.2 Å². The molecule has 0 aromatic carbocycles. The van der Waals surface area contributed by atoms with Crippen molar-refractivity contribution in [1.29, 1.82) is 0 Å². The Kier molecular flexibility index (Phi) is 1.81. The maximum atomic E-state index is 4.31. The van der Waals surface area contributed by atoms with E-state index in [1.54, 1.807) is 0 Å². The van der Waals surface area contributed by atoms with E-state index in [0.717, 1.165) is 17.1 Å². The van der Waals surface area contributed by atoms with Crippen LogP contribution in [0.5, 0.6) is 0 Å². The lowest BCUT2D eigenvalue weighted by atomic mass is 10.3. The van der Waals surface area contributed by atoms with Gasteiger partial charge < -0.3 is 4.98 Å². The molecule has 0 saturated heterocycles. The second kappa shape index (κ2) is 2.97. The molecular formula is C9H10N4. The maximum Gasteiger partial charge on any atom is 0.198 e. The Morgan fingerprint density at radius 3 is 2.62 bits per heavy atom. The van der Waals surface area contributed by atoms with Gasteiger partial charge in [-0.3, -0.25) is 0 Å². The fourth-order valence-corrected chi connectivity index (χ4v) is 1.04. The molecule has 0 spiro atoms. The van der Waals surface area contributed by atoms with Crippen LogP contribution in [-0.2, 0) is 0 Å². The van der Waals surface area contributed by atoms with Gasteiger partial charge in [-0.15, -0.1) is 5.10 Å². The number of aromatic amines is 1. The highest BCUT2D eigenvalue weighted by Gasteiger charge is 2.03. The first kappa shape index (κ1) is 7.91. The van der Waals surface area contributed by atoms with Gasteiger partial charge in [-0.2, -0.15) is 5.10 Å². The average molecular weight is 174 g/mol. The van der Waals surface area contributed by atoms with Crippen LogP contribution in [0.25, 0.3) is 11.5 Å². The molecule has 0 radical (unpaired) electrons. The van der Waals surface area contributed by atoms with Crippen molar-refractivity contribution in [2.45, 2.75) is 13.8 Å². The van der Waals surface area contributed by atoms with Gasteiger partial charge in [0, 0.05) is 6.20 Å². The summed E-state index contributed by atoms with van der Waals surface area (Å²) < 4.78 is 0. The Morgan fingerprint density at radius 2 is 2.00 bits per heavy atom. The van der Waals surface area contributed by atoms with Gasteiger partial charge >= 0.3 is 0 Å². The minimum absolute atomic E-state index is 0.646. The highest BCUT2D eigenvalue weighted by molar-refractivity contribution is 5.48. The van der Waals surface area contributed by atoms with E-state index < -0.39 is 0 Å². The molecule has 0 atom stereocenters. The lowest BCUT2D eigenvalue weighted by Gasteiger charge is -1.99. The van der Waals surface area contributed by atoms with E-state index in [1.807, 2.05) is 32.2 Å². The number of nitrogens with zero attached hydrogens (tertiary/aromatic N) is 3. The van der Waals surface area contributed by atoms with Gasteiger partial charge in [0.25, 0.3) is 0 Å². The fourth-order valence-electron chi connectivity index (χ4n) is 1.04. The second-order valence-electron chi connectivity index (χ2n) is 2.89. The molecule has 13 heavy (non-hydrogen) atoms. The third-order valence-electron chi connectivity index (χ3n) is 1.93. The monoisotopic (exact) mass is 174 g/mol.